The molecule has 88 valence electrons. The number of anilines is 2. The molecule has 0 fully saturated rings. The summed E-state index contributed by atoms with van der Waals surface area (Å²) in [6.45, 7) is 1.40. The van der Waals surface area contributed by atoms with Gasteiger partial charge < -0.3 is 5.32 Å². The highest BCUT2D eigenvalue weighted by atomic mass is 79.9. The molecule has 0 aliphatic heterocycles. The number of carbonyl (C=O) groups is 1. The summed E-state index contributed by atoms with van der Waals surface area (Å²) >= 11 is 2.87. The van der Waals surface area contributed by atoms with E-state index in [-0.39, 0.29) is 10.6 Å². The normalized spacial score (nSPS) is 10.9. The van der Waals surface area contributed by atoms with Crippen molar-refractivity contribution in [3.63, 3.8) is 0 Å². The Morgan fingerprint density at radius 3 is 2.19 bits per heavy atom. The van der Waals surface area contributed by atoms with Gasteiger partial charge in [0.05, 0.1) is 0 Å². The lowest BCUT2D eigenvalue weighted by Gasteiger charge is -2.06. The van der Waals surface area contributed by atoms with E-state index in [1.807, 2.05) is 0 Å². The molecule has 1 amide bonds. The van der Waals surface area contributed by atoms with Crippen LogP contribution in [0.4, 0.5) is 11.4 Å². The largest absolute Gasteiger partial charge is 0.326 e. The number of halogens is 1. The third-order valence-corrected chi connectivity index (χ3v) is 4.26. The Kier molecular flexibility index (Phi) is 4.31. The molecule has 1 aromatic carbocycles. The van der Waals surface area contributed by atoms with Crippen LogP contribution in [0.5, 0.6) is 0 Å². The van der Waals surface area contributed by atoms with Crippen LogP contribution in [0.2, 0.25) is 0 Å². The highest BCUT2D eigenvalue weighted by Gasteiger charge is 2.07. The van der Waals surface area contributed by atoms with Gasteiger partial charge in [-0.25, -0.2) is 8.42 Å². The molecular formula is C9H11BrN2O3S. The van der Waals surface area contributed by atoms with Crippen molar-refractivity contribution in [2.24, 2.45) is 0 Å². The Bertz CT molecular complexity index is 470. The van der Waals surface area contributed by atoms with E-state index in [4.69, 9.17) is 0 Å². The van der Waals surface area contributed by atoms with Crippen LogP contribution >= 0.6 is 15.9 Å². The monoisotopic (exact) mass is 306 g/mol. The van der Waals surface area contributed by atoms with Crippen LogP contribution in [0.1, 0.15) is 6.92 Å². The van der Waals surface area contributed by atoms with E-state index in [9.17, 15) is 13.2 Å². The molecule has 0 radical (unpaired) electrons. The van der Waals surface area contributed by atoms with Crippen LogP contribution in [-0.4, -0.2) is 19.0 Å². The fourth-order valence-corrected chi connectivity index (χ4v) is 1.92. The van der Waals surface area contributed by atoms with Gasteiger partial charge in [-0.05, 0) is 24.3 Å². The maximum Gasteiger partial charge on any atom is 0.242 e. The molecule has 0 heterocycles. The number of sulfonamides is 1. The number of hydrogen-bond donors (Lipinski definition) is 2. The smallest absolute Gasteiger partial charge is 0.242 e. The van der Waals surface area contributed by atoms with Gasteiger partial charge in [-0.1, -0.05) is 15.9 Å². The highest BCUT2D eigenvalue weighted by Crippen LogP contribution is 2.15. The van der Waals surface area contributed by atoms with Crippen LogP contribution in [0.25, 0.3) is 0 Å². The van der Waals surface area contributed by atoms with E-state index in [0.717, 1.165) is 0 Å². The molecule has 1 rings (SSSR count). The van der Waals surface area contributed by atoms with Gasteiger partial charge in [-0.2, -0.15) is 0 Å². The minimum atomic E-state index is -3.33. The van der Waals surface area contributed by atoms with Crippen LogP contribution in [0.3, 0.4) is 0 Å². The second kappa shape index (κ2) is 5.31. The van der Waals surface area contributed by atoms with E-state index in [0.29, 0.717) is 11.4 Å². The van der Waals surface area contributed by atoms with Crippen molar-refractivity contribution in [2.45, 2.75) is 6.92 Å². The topological polar surface area (TPSA) is 75.3 Å². The number of nitrogens with one attached hydrogen (secondary N) is 2. The van der Waals surface area contributed by atoms with E-state index < -0.39 is 10.0 Å². The summed E-state index contributed by atoms with van der Waals surface area (Å²) in [6.07, 6.45) is 0. The zero-order chi connectivity index (χ0) is 12.2. The molecule has 0 saturated carbocycles. The second-order valence-electron chi connectivity index (χ2n) is 3.08. The van der Waals surface area contributed by atoms with Gasteiger partial charge in [0.2, 0.25) is 15.9 Å². The van der Waals surface area contributed by atoms with E-state index >= 15 is 0 Å². The number of rotatable bonds is 4. The molecule has 7 heteroatoms. The van der Waals surface area contributed by atoms with Crippen LogP contribution < -0.4 is 10.0 Å². The fourth-order valence-electron chi connectivity index (χ4n) is 1.03. The van der Waals surface area contributed by atoms with Gasteiger partial charge in [0, 0.05) is 18.3 Å². The molecule has 0 spiro atoms. The van der Waals surface area contributed by atoms with Crippen molar-refractivity contribution >= 4 is 43.2 Å². The zero-order valence-electron chi connectivity index (χ0n) is 8.53. The molecule has 0 aromatic heterocycles. The third-order valence-electron chi connectivity index (χ3n) is 1.62. The molecular weight excluding hydrogens is 296 g/mol. The standard InChI is InChI=1S/C9H11BrN2O3S/c1-7(13)11-8-2-4-9(5-3-8)12-16(14,15)6-10/h2-5,12H,6H2,1H3,(H,11,13). The van der Waals surface area contributed by atoms with E-state index in [2.05, 4.69) is 26.0 Å². The molecule has 0 atom stereocenters. The van der Waals surface area contributed by atoms with E-state index in [1.165, 1.54) is 6.92 Å². The number of amides is 1. The van der Waals surface area contributed by atoms with Gasteiger partial charge >= 0.3 is 0 Å². The predicted molar refractivity (Wildman–Crippen MR) is 67.1 cm³/mol. The first-order chi connectivity index (χ1) is 7.43. The molecule has 5 nitrogen and oxygen atoms in total. The Hall–Kier alpha value is -1.08. The van der Waals surface area contributed by atoms with Crippen molar-refractivity contribution in [2.75, 3.05) is 14.7 Å². The first kappa shape index (κ1) is 13.0. The summed E-state index contributed by atoms with van der Waals surface area (Å²) in [7, 11) is -3.33. The lowest BCUT2D eigenvalue weighted by molar-refractivity contribution is -0.114. The predicted octanol–water partition coefficient (Wildman–Crippen LogP) is 1.74. The lowest BCUT2D eigenvalue weighted by Crippen LogP contribution is -2.13. The van der Waals surface area contributed by atoms with Crippen LogP contribution in [0.15, 0.2) is 24.3 Å². The van der Waals surface area contributed by atoms with Crippen molar-refractivity contribution in [3.8, 4) is 0 Å². The van der Waals surface area contributed by atoms with Gasteiger partial charge in [0.15, 0.2) is 0 Å². The molecule has 1 aromatic rings. The Morgan fingerprint density at radius 2 is 1.75 bits per heavy atom. The average Bonchev–Trinajstić information content (AvgIpc) is 2.20. The summed E-state index contributed by atoms with van der Waals surface area (Å²) in [4.78, 5) is 10.7. The number of benzene rings is 1. The minimum absolute atomic E-state index is 0.159. The van der Waals surface area contributed by atoms with Crippen LogP contribution in [0, 0.1) is 0 Å². The summed E-state index contributed by atoms with van der Waals surface area (Å²) in [5.74, 6) is -0.172. The molecule has 0 bridgehead atoms. The molecule has 16 heavy (non-hydrogen) atoms. The lowest BCUT2D eigenvalue weighted by atomic mass is 10.3. The first-order valence-electron chi connectivity index (χ1n) is 4.37. The maximum absolute atomic E-state index is 11.2. The van der Waals surface area contributed by atoms with Crippen molar-refractivity contribution in [1.29, 1.82) is 0 Å². The Morgan fingerprint density at radius 1 is 1.25 bits per heavy atom. The third kappa shape index (κ3) is 4.19. The molecule has 2 N–H and O–H groups in total. The first-order valence-corrected chi connectivity index (χ1v) is 7.14. The average molecular weight is 307 g/mol. The maximum atomic E-state index is 11.2. The van der Waals surface area contributed by atoms with Gasteiger partial charge in [-0.3, -0.25) is 9.52 Å². The molecule has 0 aliphatic carbocycles. The van der Waals surface area contributed by atoms with E-state index in [1.54, 1.807) is 24.3 Å². The van der Waals surface area contributed by atoms with Gasteiger partial charge in [0.1, 0.15) is 4.66 Å². The minimum Gasteiger partial charge on any atom is -0.326 e. The summed E-state index contributed by atoms with van der Waals surface area (Å²) in [5, 5.41) is 2.58. The zero-order valence-corrected chi connectivity index (χ0v) is 10.9. The van der Waals surface area contributed by atoms with Crippen molar-refractivity contribution in [3.05, 3.63) is 24.3 Å². The second-order valence-corrected chi connectivity index (χ2v) is 6.11. The van der Waals surface area contributed by atoms with Gasteiger partial charge in [0.25, 0.3) is 0 Å². The van der Waals surface area contributed by atoms with Crippen molar-refractivity contribution in [1.82, 2.24) is 0 Å². The Balaban J connectivity index is 2.76. The number of carbonyl (C=O) groups excluding carboxylic acids is 1. The quantitative estimate of drug-likeness (QED) is 0.832. The Labute approximate surface area is 102 Å². The number of alkyl halides is 1. The SMILES string of the molecule is CC(=O)Nc1ccc(NS(=O)(=O)CBr)cc1. The molecule has 0 unspecified atom stereocenters. The van der Waals surface area contributed by atoms with Crippen LogP contribution in [-0.2, 0) is 14.8 Å². The fraction of sp³-hybridized carbons (Fsp3) is 0.222. The summed E-state index contributed by atoms with van der Waals surface area (Å²) < 4.78 is 24.6. The summed E-state index contributed by atoms with van der Waals surface area (Å²) in [6, 6.07) is 6.39. The highest BCUT2D eigenvalue weighted by molar-refractivity contribution is 9.10. The summed E-state index contributed by atoms with van der Waals surface area (Å²) in [5.41, 5.74) is 1.07. The number of hydrogen-bond acceptors (Lipinski definition) is 3. The van der Waals surface area contributed by atoms with Gasteiger partial charge in [-0.15, -0.1) is 0 Å². The molecule has 0 aliphatic rings. The molecule has 0 saturated heterocycles. The van der Waals surface area contributed by atoms with Crippen molar-refractivity contribution < 1.29 is 13.2 Å².